The molecule has 1 unspecified atom stereocenters. The Hall–Kier alpha value is -3.76. The van der Waals surface area contributed by atoms with E-state index in [1.165, 1.54) is 34.9 Å². The summed E-state index contributed by atoms with van der Waals surface area (Å²) in [7, 11) is -2.33. The average molecular weight is 597 g/mol. The monoisotopic (exact) mass is 596 g/mol. The smallest absolute Gasteiger partial charge is 0.355 e. The molecule has 12 heteroatoms. The van der Waals surface area contributed by atoms with Crippen molar-refractivity contribution < 1.29 is 28.4 Å². The number of halogens is 2. The molecule has 0 amide bonds. The second kappa shape index (κ2) is 11.6. The number of benzene rings is 2. The molecular formula is C29H26F2N4O4S2. The number of aromatic nitrogens is 3. The van der Waals surface area contributed by atoms with Crippen molar-refractivity contribution in [1.29, 1.82) is 0 Å². The summed E-state index contributed by atoms with van der Waals surface area (Å²) in [5.41, 5.74) is 3.67. The minimum absolute atomic E-state index is 0. The van der Waals surface area contributed by atoms with E-state index in [4.69, 9.17) is 10.2 Å². The van der Waals surface area contributed by atoms with Gasteiger partial charge in [-0.05, 0) is 73.9 Å². The lowest BCUT2D eigenvalue weighted by atomic mass is 9.96. The summed E-state index contributed by atoms with van der Waals surface area (Å²) < 4.78 is 42.8. The number of aromatic carboxylic acids is 1. The van der Waals surface area contributed by atoms with Gasteiger partial charge < -0.3 is 10.6 Å². The standard InChI is InChI=1S/C29H24F2N4O3S2.H2O/c30-22-9-8-20(14-19(22)7-5-16-1-2-16)27-21(11-18-6-10-26(40(32)38)23(31)12-18)25(13-17-3-4-17)35(34-27)29-33-24(15-39-29)28(36)37;/h6,8-10,12,14-17H,1-4,11,13H2,(H2,32,38)(H,36,37);1H2. The van der Waals surface area contributed by atoms with Gasteiger partial charge in [0.05, 0.1) is 17.0 Å². The number of hydrogen-bond acceptors (Lipinski definition) is 6. The zero-order valence-corrected chi connectivity index (χ0v) is 23.4. The van der Waals surface area contributed by atoms with Crippen LogP contribution in [-0.2, 0) is 28.0 Å². The maximum Gasteiger partial charge on any atom is 0.355 e. The maximum atomic E-state index is 14.7. The van der Waals surface area contributed by atoms with E-state index in [1.807, 2.05) is 0 Å². The highest BCUT2D eigenvalue weighted by molar-refractivity contribution is 7.82. The minimum atomic E-state index is -2.33. The molecule has 41 heavy (non-hydrogen) atoms. The van der Waals surface area contributed by atoms with Crippen molar-refractivity contribution in [3.63, 3.8) is 0 Å². The molecule has 2 aromatic carbocycles. The van der Waals surface area contributed by atoms with Crippen LogP contribution in [0.4, 0.5) is 8.78 Å². The molecule has 2 aliphatic carbocycles. The molecule has 2 aromatic heterocycles. The van der Waals surface area contributed by atoms with Crippen LogP contribution in [-0.4, -0.2) is 31.3 Å². The predicted molar refractivity (Wildman–Crippen MR) is 151 cm³/mol. The first kappa shape index (κ1) is 28.8. The van der Waals surface area contributed by atoms with Crippen molar-refractivity contribution in [2.75, 3.05) is 0 Å². The van der Waals surface area contributed by atoms with Gasteiger partial charge in [0.1, 0.15) is 5.82 Å². The van der Waals surface area contributed by atoms with Crippen LogP contribution in [0.25, 0.3) is 16.4 Å². The van der Waals surface area contributed by atoms with E-state index < -0.39 is 28.6 Å². The van der Waals surface area contributed by atoms with E-state index in [2.05, 4.69) is 16.8 Å². The van der Waals surface area contributed by atoms with Crippen LogP contribution in [0, 0.1) is 35.3 Å². The van der Waals surface area contributed by atoms with Crippen LogP contribution in [0.5, 0.6) is 0 Å². The van der Waals surface area contributed by atoms with Crippen molar-refractivity contribution in [3.05, 3.63) is 81.5 Å². The van der Waals surface area contributed by atoms with Crippen LogP contribution in [0.3, 0.4) is 0 Å². The molecule has 0 spiro atoms. The minimum Gasteiger partial charge on any atom is -0.870 e. The van der Waals surface area contributed by atoms with E-state index in [9.17, 15) is 22.9 Å². The number of hydrogen-bond donors (Lipinski definition) is 2. The van der Waals surface area contributed by atoms with E-state index >= 15 is 0 Å². The van der Waals surface area contributed by atoms with Gasteiger partial charge in [-0.2, -0.15) is 5.10 Å². The zero-order valence-electron chi connectivity index (χ0n) is 21.7. The summed E-state index contributed by atoms with van der Waals surface area (Å²) in [4.78, 5) is 15.8. The normalized spacial score (nSPS) is 15.1. The quantitative estimate of drug-likeness (QED) is 0.166. The number of nitrogens with two attached hydrogens (primary N) is 1. The first-order valence-corrected chi connectivity index (χ1v) is 15.1. The van der Waals surface area contributed by atoms with Crippen molar-refractivity contribution in [2.24, 2.45) is 17.0 Å². The van der Waals surface area contributed by atoms with Gasteiger partial charge in [-0.1, -0.05) is 22.1 Å². The highest BCUT2D eigenvalue weighted by Crippen LogP contribution is 2.38. The maximum absolute atomic E-state index is 14.7. The lowest BCUT2D eigenvalue weighted by Crippen LogP contribution is -2.07. The van der Waals surface area contributed by atoms with Gasteiger partial charge in [-0.25, -0.2) is 23.2 Å². The predicted octanol–water partition coefficient (Wildman–Crippen LogP) is 5.03. The third-order valence-electron chi connectivity index (χ3n) is 7.02. The van der Waals surface area contributed by atoms with Gasteiger partial charge in [0.25, 0.3) is 0 Å². The van der Waals surface area contributed by atoms with E-state index in [0.717, 1.165) is 36.9 Å². The number of carboxylic acids is 1. The summed E-state index contributed by atoms with van der Waals surface area (Å²) in [5.74, 6) is 4.61. The van der Waals surface area contributed by atoms with Crippen molar-refractivity contribution in [3.8, 4) is 28.2 Å². The van der Waals surface area contributed by atoms with Crippen LogP contribution >= 0.6 is 11.3 Å². The van der Waals surface area contributed by atoms with Crippen molar-refractivity contribution in [1.82, 2.24) is 14.8 Å². The number of carboxylic acid groups (broad SMARTS) is 1. The number of nitrogens with zero attached hydrogens (tertiary/aromatic N) is 3. The lowest BCUT2D eigenvalue weighted by molar-refractivity contribution is 0.0691. The molecule has 2 heterocycles. The second-order valence-corrected chi connectivity index (χ2v) is 12.2. The SMILES string of the molecule is N[SH+](=O)c1ccc(Cc2c(-c3ccc(F)c(C#CC4CC4)c3)nn(-c3nc(C(=O)O)cs3)c2CC2CC2)cc1F.[OH-]. The Kier molecular flexibility index (Phi) is 8.15. The molecule has 2 fully saturated rings. The molecule has 0 aliphatic heterocycles. The topological polar surface area (TPSA) is 141 Å². The van der Waals surface area contributed by atoms with Gasteiger partial charge in [0.15, 0.2) is 22.5 Å². The third kappa shape index (κ3) is 6.28. The van der Waals surface area contributed by atoms with Crippen LogP contribution in [0.2, 0.25) is 0 Å². The van der Waals surface area contributed by atoms with Gasteiger partial charge in [-0.15, -0.1) is 16.5 Å². The summed E-state index contributed by atoms with van der Waals surface area (Å²) in [6, 6.07) is 9.12. The lowest BCUT2D eigenvalue weighted by Gasteiger charge is -2.09. The molecule has 212 valence electrons. The van der Waals surface area contributed by atoms with E-state index in [0.29, 0.717) is 40.2 Å². The molecule has 8 nitrogen and oxygen atoms in total. The van der Waals surface area contributed by atoms with E-state index in [-0.39, 0.29) is 28.0 Å². The highest BCUT2D eigenvalue weighted by atomic mass is 32.2. The first-order chi connectivity index (χ1) is 19.3. The Morgan fingerprint density at radius 1 is 1.15 bits per heavy atom. The fourth-order valence-corrected chi connectivity index (χ4v) is 5.81. The molecule has 4 N–H and O–H groups in total. The Bertz CT molecular complexity index is 1730. The second-order valence-electron chi connectivity index (χ2n) is 10.2. The molecular weight excluding hydrogens is 570 g/mol. The highest BCUT2D eigenvalue weighted by Gasteiger charge is 2.30. The Morgan fingerprint density at radius 3 is 2.56 bits per heavy atom. The third-order valence-corrected chi connectivity index (χ3v) is 8.67. The van der Waals surface area contributed by atoms with Crippen LogP contribution in [0.1, 0.15) is 58.6 Å². The number of carbonyl (C=O) groups is 1. The summed E-state index contributed by atoms with van der Waals surface area (Å²) in [6.45, 7) is 0. The Balaban J connectivity index is 0.00000337. The molecule has 0 radical (unpaired) electrons. The van der Waals surface area contributed by atoms with Gasteiger partial charge in [0, 0.05) is 28.8 Å². The van der Waals surface area contributed by atoms with Crippen molar-refractivity contribution in [2.45, 2.75) is 43.4 Å². The summed E-state index contributed by atoms with van der Waals surface area (Å²) in [5, 5.41) is 21.6. The Labute approximate surface area is 241 Å². The van der Waals surface area contributed by atoms with Crippen molar-refractivity contribution >= 4 is 28.3 Å². The number of thiol groups is 1. The molecule has 0 bridgehead atoms. The first-order valence-electron chi connectivity index (χ1n) is 12.9. The van der Waals surface area contributed by atoms with Crippen LogP contribution in [0.15, 0.2) is 46.7 Å². The average Bonchev–Trinajstić information content (AvgIpc) is 3.84. The van der Waals surface area contributed by atoms with Crippen LogP contribution < -0.4 is 5.14 Å². The van der Waals surface area contributed by atoms with Gasteiger partial charge >= 0.3 is 5.97 Å². The summed E-state index contributed by atoms with van der Waals surface area (Å²) >= 11 is 1.17. The summed E-state index contributed by atoms with van der Waals surface area (Å²) in [6.07, 6.45) is 5.12. The molecule has 0 saturated heterocycles. The molecule has 2 saturated carbocycles. The molecule has 1 atom stereocenters. The molecule has 6 rings (SSSR count). The number of thiazole rings is 1. The zero-order chi connectivity index (χ0) is 28.0. The van der Waals surface area contributed by atoms with Gasteiger partial charge in [0.2, 0.25) is 10.0 Å². The fraction of sp³-hybridized carbons (Fsp3) is 0.276. The van der Waals surface area contributed by atoms with E-state index in [1.54, 1.807) is 22.9 Å². The fourth-order valence-electron chi connectivity index (χ4n) is 4.55. The molecule has 2 aliphatic rings. The largest absolute Gasteiger partial charge is 0.870 e. The Morgan fingerprint density at radius 2 is 1.93 bits per heavy atom. The van der Waals surface area contributed by atoms with Gasteiger partial charge in [-0.3, -0.25) is 0 Å². The number of rotatable bonds is 8. The molecule has 4 aromatic rings.